The van der Waals surface area contributed by atoms with Crippen LogP contribution in [0.15, 0.2) is 41.1 Å². The van der Waals surface area contributed by atoms with Gasteiger partial charge in [0.05, 0.1) is 52.5 Å². The van der Waals surface area contributed by atoms with Crippen LogP contribution in [0, 0.1) is 12.8 Å². The molecule has 0 spiro atoms. The molecule has 0 bridgehead atoms. The van der Waals surface area contributed by atoms with Gasteiger partial charge in [0.15, 0.2) is 0 Å². The molecule has 0 aromatic carbocycles. The maximum Gasteiger partial charge on any atom is 0.257 e. The molecule has 9 rings (SSSR count). The predicted molar refractivity (Wildman–Crippen MR) is 176 cm³/mol. The lowest BCUT2D eigenvalue weighted by Crippen LogP contribution is -2.38. The molecule has 47 heavy (non-hydrogen) atoms. The minimum atomic E-state index is -0.213. The van der Waals surface area contributed by atoms with E-state index in [-0.39, 0.29) is 18.0 Å². The summed E-state index contributed by atoms with van der Waals surface area (Å²) in [6.45, 7) is 4.87. The van der Waals surface area contributed by atoms with Gasteiger partial charge in [0.2, 0.25) is 11.8 Å². The van der Waals surface area contributed by atoms with E-state index in [9.17, 15) is 4.79 Å². The number of aryl methyl sites for hydroxylation is 3. The first kappa shape index (κ1) is 28.9. The van der Waals surface area contributed by atoms with Crippen molar-refractivity contribution >= 4 is 33.1 Å². The highest BCUT2D eigenvalue weighted by atomic mass is 32.1. The van der Waals surface area contributed by atoms with Crippen molar-refractivity contribution in [2.75, 3.05) is 38.3 Å². The third-order valence-corrected chi connectivity index (χ3v) is 11.2. The lowest BCUT2D eigenvalue weighted by Gasteiger charge is -2.29. The number of thiophene rings is 1. The monoisotopic (exact) mass is 649 g/mol. The average Bonchev–Trinajstić information content (AvgIpc) is 3.90. The molecule has 5 aromatic heterocycles. The Balaban J connectivity index is 1.21. The van der Waals surface area contributed by atoms with E-state index in [1.165, 1.54) is 5.56 Å². The second-order valence-corrected chi connectivity index (χ2v) is 13.9. The molecule has 8 heterocycles. The van der Waals surface area contributed by atoms with Crippen molar-refractivity contribution in [3.63, 3.8) is 0 Å². The van der Waals surface area contributed by atoms with Crippen molar-refractivity contribution in [2.45, 2.75) is 57.5 Å². The molecule has 2 atom stereocenters. The van der Waals surface area contributed by atoms with Gasteiger partial charge in [0.25, 0.3) is 5.91 Å². The van der Waals surface area contributed by atoms with Crippen LogP contribution in [0.2, 0.25) is 0 Å². The van der Waals surface area contributed by atoms with E-state index in [1.54, 1.807) is 18.3 Å². The summed E-state index contributed by atoms with van der Waals surface area (Å²) >= 11 is 1.64. The Kier molecular flexibility index (Phi) is 7.24. The Morgan fingerprint density at radius 1 is 1.02 bits per heavy atom. The van der Waals surface area contributed by atoms with Crippen LogP contribution >= 0.6 is 11.3 Å². The van der Waals surface area contributed by atoms with Crippen molar-refractivity contribution in [1.29, 1.82) is 0 Å². The summed E-state index contributed by atoms with van der Waals surface area (Å²) in [6, 6.07) is 8.28. The number of fused-ring (bicyclic) bond motifs is 5. The van der Waals surface area contributed by atoms with Crippen LogP contribution in [-0.4, -0.2) is 68.9 Å². The molecule has 12 heteroatoms. The van der Waals surface area contributed by atoms with E-state index >= 15 is 0 Å². The second kappa shape index (κ2) is 11.8. The first-order valence-corrected chi connectivity index (χ1v) is 17.4. The molecule has 3 aliphatic heterocycles. The average molecular weight is 650 g/mol. The quantitative estimate of drug-likeness (QED) is 0.221. The van der Waals surface area contributed by atoms with Crippen LogP contribution in [-0.2, 0) is 22.3 Å². The smallest absolute Gasteiger partial charge is 0.257 e. The third kappa shape index (κ3) is 5.01. The zero-order valence-electron chi connectivity index (χ0n) is 26.2. The summed E-state index contributed by atoms with van der Waals surface area (Å²) in [5, 5.41) is 13.5. The molecule has 2 saturated heterocycles. The molecule has 5 aromatic rings. The van der Waals surface area contributed by atoms with Crippen molar-refractivity contribution in [1.82, 2.24) is 30.0 Å². The summed E-state index contributed by atoms with van der Waals surface area (Å²) in [4.78, 5) is 31.8. The Hall–Kier alpha value is -4.26. The van der Waals surface area contributed by atoms with E-state index < -0.39 is 0 Å². The number of pyridine rings is 3. The summed E-state index contributed by atoms with van der Waals surface area (Å²) in [5.41, 5.74) is 6.24. The number of anilines is 1. The lowest BCUT2D eigenvalue weighted by atomic mass is 9.90. The van der Waals surface area contributed by atoms with Gasteiger partial charge in [-0.15, -0.1) is 21.5 Å². The van der Waals surface area contributed by atoms with Crippen LogP contribution in [0.25, 0.3) is 32.0 Å². The molecule has 0 saturated carbocycles. The SMILES string of the molecule is Cc1nnc(-c2c(CCC3CCOCC3)nc3c(c2-c2cc4ccnc(N[C@H]5CCc6ncccc65)c4s2)C(=O)N2CCOCC32)o1. The Morgan fingerprint density at radius 3 is 2.81 bits per heavy atom. The van der Waals surface area contributed by atoms with Gasteiger partial charge in [-0.05, 0) is 73.6 Å². The number of rotatable bonds is 7. The fraction of sp³-hybridized carbons (Fsp3) is 0.429. The molecular formula is C35H35N7O4S. The summed E-state index contributed by atoms with van der Waals surface area (Å²) in [6.07, 6.45) is 9.39. The van der Waals surface area contributed by atoms with Crippen molar-refractivity contribution in [3.05, 3.63) is 70.8 Å². The number of carbonyl (C=O) groups excluding carboxylic acids is 1. The van der Waals surface area contributed by atoms with E-state index in [4.69, 9.17) is 23.9 Å². The number of amides is 1. The molecule has 4 aliphatic rings. The van der Waals surface area contributed by atoms with Crippen molar-refractivity contribution < 1.29 is 18.7 Å². The van der Waals surface area contributed by atoms with E-state index in [0.717, 1.165) is 101 Å². The second-order valence-electron chi connectivity index (χ2n) is 12.8. The topological polar surface area (TPSA) is 128 Å². The molecular weight excluding hydrogens is 614 g/mol. The number of hydrogen-bond acceptors (Lipinski definition) is 11. The van der Waals surface area contributed by atoms with Gasteiger partial charge in [0.1, 0.15) is 5.82 Å². The number of aromatic nitrogens is 5. The van der Waals surface area contributed by atoms with Gasteiger partial charge in [-0.3, -0.25) is 14.8 Å². The fourth-order valence-corrected chi connectivity index (χ4v) is 8.84. The molecule has 240 valence electrons. The minimum absolute atomic E-state index is 0.0201. The largest absolute Gasteiger partial charge is 0.421 e. The molecule has 11 nitrogen and oxygen atoms in total. The number of hydrogen-bond donors (Lipinski definition) is 1. The molecule has 1 unspecified atom stereocenters. The highest BCUT2D eigenvalue weighted by Gasteiger charge is 2.44. The Morgan fingerprint density at radius 2 is 1.94 bits per heavy atom. The van der Waals surface area contributed by atoms with Gasteiger partial charge >= 0.3 is 0 Å². The summed E-state index contributed by atoms with van der Waals surface area (Å²) in [7, 11) is 0. The summed E-state index contributed by atoms with van der Waals surface area (Å²) in [5.74, 6) is 2.23. The molecule has 1 N–H and O–H groups in total. The number of nitrogens with zero attached hydrogens (tertiary/aromatic N) is 6. The first-order valence-electron chi connectivity index (χ1n) is 16.6. The first-order chi connectivity index (χ1) is 23.1. The summed E-state index contributed by atoms with van der Waals surface area (Å²) < 4.78 is 18.7. The standard InChI is InChI=1S/C35H35N7O4S/c1-19-40-41-34(46-19)28-25(5-4-20-9-14-44-15-10-20)38-31-26-18-45-16-13-42(26)35(43)30(31)29(28)27-17-21-8-12-37-33(32(21)47-27)39-24-7-6-23-22(24)3-2-11-36-23/h2-3,8,11-12,17,20,24,26H,4-7,9-10,13-16,18H2,1H3,(H,37,39)/t24-,26?/m0/s1. The van der Waals surface area contributed by atoms with Crippen LogP contribution in [0.5, 0.6) is 0 Å². The van der Waals surface area contributed by atoms with Crippen LogP contribution in [0.3, 0.4) is 0 Å². The van der Waals surface area contributed by atoms with Crippen LogP contribution < -0.4 is 5.32 Å². The van der Waals surface area contributed by atoms with E-state index in [1.807, 2.05) is 29.4 Å². The van der Waals surface area contributed by atoms with Crippen molar-refractivity contribution in [3.8, 4) is 21.9 Å². The molecule has 0 radical (unpaired) electrons. The van der Waals surface area contributed by atoms with Gasteiger partial charge in [-0.2, -0.15) is 0 Å². The van der Waals surface area contributed by atoms with Gasteiger partial charge in [-0.1, -0.05) is 6.07 Å². The highest BCUT2D eigenvalue weighted by Crippen LogP contribution is 2.49. The number of morpholine rings is 1. The molecule has 1 amide bonds. The number of nitrogens with one attached hydrogen (secondary N) is 1. The fourth-order valence-electron chi connectivity index (χ4n) is 7.68. The normalized spacial score (nSPS) is 20.9. The van der Waals surface area contributed by atoms with Crippen LogP contribution in [0.4, 0.5) is 5.82 Å². The van der Waals surface area contributed by atoms with Crippen molar-refractivity contribution in [2.24, 2.45) is 5.92 Å². The van der Waals surface area contributed by atoms with Gasteiger partial charge < -0.3 is 24.1 Å². The Bertz CT molecular complexity index is 2000. The van der Waals surface area contributed by atoms with Gasteiger partial charge in [-0.25, -0.2) is 4.98 Å². The zero-order valence-corrected chi connectivity index (χ0v) is 27.0. The maximum absolute atomic E-state index is 14.3. The lowest BCUT2D eigenvalue weighted by molar-refractivity contribution is 0.00352. The number of ether oxygens (including phenoxy) is 2. The molecule has 1 aliphatic carbocycles. The number of carbonyl (C=O) groups is 1. The predicted octanol–water partition coefficient (Wildman–Crippen LogP) is 6.10. The zero-order chi connectivity index (χ0) is 31.5. The minimum Gasteiger partial charge on any atom is -0.421 e. The maximum atomic E-state index is 14.3. The molecule has 2 fully saturated rings. The third-order valence-electron chi connectivity index (χ3n) is 10.1. The van der Waals surface area contributed by atoms with Gasteiger partial charge in [0, 0.05) is 55.2 Å². The van der Waals surface area contributed by atoms with E-state index in [0.29, 0.717) is 43.0 Å². The van der Waals surface area contributed by atoms with E-state index in [2.05, 4.69) is 32.6 Å². The Labute approximate surface area is 275 Å². The van der Waals surface area contributed by atoms with Crippen LogP contribution in [0.1, 0.15) is 76.7 Å². The highest BCUT2D eigenvalue weighted by molar-refractivity contribution is 7.23.